The van der Waals surface area contributed by atoms with E-state index in [1.54, 1.807) is 0 Å². The van der Waals surface area contributed by atoms with Gasteiger partial charge in [0, 0.05) is 22.7 Å². The van der Waals surface area contributed by atoms with E-state index in [9.17, 15) is 0 Å². The van der Waals surface area contributed by atoms with Crippen LogP contribution in [0.1, 0.15) is 5.82 Å². The minimum Gasteiger partial charge on any atom is -0.286 e. The number of hydrogen-bond donors (Lipinski definition) is 0. The molecule has 0 N–H and O–H groups in total. The zero-order valence-electron chi connectivity index (χ0n) is 14.3. The van der Waals surface area contributed by atoms with Gasteiger partial charge in [0.05, 0.1) is 11.2 Å². The van der Waals surface area contributed by atoms with Crippen LogP contribution in [0.5, 0.6) is 0 Å². The molecule has 5 rings (SSSR count). The van der Waals surface area contributed by atoms with Crippen molar-refractivity contribution in [2.75, 3.05) is 0 Å². The number of aryl methyl sites for hydroxylation is 1. The van der Waals surface area contributed by atoms with E-state index in [1.165, 1.54) is 0 Å². The summed E-state index contributed by atoms with van der Waals surface area (Å²) in [6.07, 6.45) is 1.98. The van der Waals surface area contributed by atoms with Crippen LogP contribution in [-0.2, 0) is 0 Å². The van der Waals surface area contributed by atoms with E-state index in [4.69, 9.17) is 4.98 Å². The lowest BCUT2D eigenvalue weighted by molar-refractivity contribution is 1.01. The maximum Gasteiger partial charge on any atom is 0.170 e. The summed E-state index contributed by atoms with van der Waals surface area (Å²) in [6.45, 7) is 1.95. The quantitative estimate of drug-likeness (QED) is 0.459. The molecule has 0 aliphatic heterocycles. The Bertz CT molecular complexity index is 1220. The van der Waals surface area contributed by atoms with Crippen LogP contribution in [0.3, 0.4) is 0 Å². The Morgan fingerprint density at radius 1 is 0.769 bits per heavy atom. The highest BCUT2D eigenvalue weighted by Gasteiger charge is 2.14. The standard InChI is InChI=1S/C22H16N4/c1-15-24-25-22-19-14-18(16-8-4-2-5-9-16)21(17-10-6-3-7-11-17)23-20(19)12-13-26(15)22/h2-14H,1H3. The first-order valence-corrected chi connectivity index (χ1v) is 8.57. The molecule has 0 aliphatic carbocycles. The van der Waals surface area contributed by atoms with Crippen LogP contribution in [-0.4, -0.2) is 19.6 Å². The van der Waals surface area contributed by atoms with Crippen LogP contribution in [0.15, 0.2) is 79.0 Å². The number of benzene rings is 2. The zero-order chi connectivity index (χ0) is 17.5. The highest BCUT2D eigenvalue weighted by atomic mass is 15.2. The number of hydrogen-bond acceptors (Lipinski definition) is 3. The molecule has 0 fully saturated rings. The molecule has 0 unspecified atom stereocenters. The van der Waals surface area contributed by atoms with Gasteiger partial charge in [-0.05, 0) is 24.6 Å². The van der Waals surface area contributed by atoms with E-state index in [-0.39, 0.29) is 0 Å². The molecule has 0 atom stereocenters. The highest BCUT2D eigenvalue weighted by molar-refractivity contribution is 5.98. The number of fused-ring (bicyclic) bond motifs is 3. The number of pyridine rings is 2. The van der Waals surface area contributed by atoms with Crippen molar-refractivity contribution in [3.05, 3.63) is 84.8 Å². The lowest BCUT2D eigenvalue weighted by atomic mass is 9.98. The number of nitrogens with zero attached hydrogens (tertiary/aromatic N) is 4. The minimum atomic E-state index is 0.837. The lowest BCUT2D eigenvalue weighted by Crippen LogP contribution is -1.94. The smallest absolute Gasteiger partial charge is 0.170 e. The van der Waals surface area contributed by atoms with Gasteiger partial charge < -0.3 is 0 Å². The fourth-order valence-electron chi connectivity index (χ4n) is 3.36. The van der Waals surface area contributed by atoms with Gasteiger partial charge in [0.1, 0.15) is 5.82 Å². The van der Waals surface area contributed by atoms with Gasteiger partial charge in [-0.25, -0.2) is 4.98 Å². The molecule has 5 aromatic rings. The van der Waals surface area contributed by atoms with E-state index < -0.39 is 0 Å². The van der Waals surface area contributed by atoms with Gasteiger partial charge in [0.15, 0.2) is 5.65 Å². The average molecular weight is 336 g/mol. The van der Waals surface area contributed by atoms with Gasteiger partial charge in [0.2, 0.25) is 0 Å². The molecule has 0 bridgehead atoms. The molecular formula is C22H16N4. The second-order valence-corrected chi connectivity index (χ2v) is 6.31. The van der Waals surface area contributed by atoms with Crippen molar-refractivity contribution in [3.63, 3.8) is 0 Å². The maximum absolute atomic E-state index is 5.00. The van der Waals surface area contributed by atoms with Crippen molar-refractivity contribution in [1.82, 2.24) is 19.6 Å². The molecule has 26 heavy (non-hydrogen) atoms. The molecule has 0 saturated heterocycles. The van der Waals surface area contributed by atoms with E-state index in [2.05, 4.69) is 52.7 Å². The fraction of sp³-hybridized carbons (Fsp3) is 0.0455. The Hall–Kier alpha value is -3.53. The largest absolute Gasteiger partial charge is 0.286 e. The van der Waals surface area contributed by atoms with Gasteiger partial charge >= 0.3 is 0 Å². The first kappa shape index (κ1) is 14.8. The highest BCUT2D eigenvalue weighted by Crippen LogP contribution is 2.34. The molecule has 4 heteroatoms. The summed E-state index contributed by atoms with van der Waals surface area (Å²) < 4.78 is 2.00. The third-order valence-corrected chi connectivity index (χ3v) is 4.67. The Labute approximate surface area is 150 Å². The number of aromatic nitrogens is 4. The third-order valence-electron chi connectivity index (χ3n) is 4.67. The monoisotopic (exact) mass is 336 g/mol. The first-order chi connectivity index (χ1) is 12.8. The molecular weight excluding hydrogens is 320 g/mol. The molecule has 124 valence electrons. The van der Waals surface area contributed by atoms with Crippen LogP contribution in [0, 0.1) is 6.92 Å². The summed E-state index contributed by atoms with van der Waals surface area (Å²) in [4.78, 5) is 5.00. The summed E-state index contributed by atoms with van der Waals surface area (Å²) in [6, 6.07) is 24.9. The SMILES string of the molecule is Cc1nnc2c3cc(-c4ccccc4)c(-c4ccccc4)nc3ccn12. The van der Waals surface area contributed by atoms with Gasteiger partial charge in [-0.2, -0.15) is 0 Å². The second-order valence-electron chi connectivity index (χ2n) is 6.31. The van der Waals surface area contributed by atoms with Gasteiger partial charge in [-0.15, -0.1) is 10.2 Å². The predicted octanol–water partition coefficient (Wildman–Crippen LogP) is 4.92. The Balaban J connectivity index is 1.89. The van der Waals surface area contributed by atoms with E-state index in [0.29, 0.717) is 0 Å². The van der Waals surface area contributed by atoms with Gasteiger partial charge in [0.25, 0.3) is 0 Å². The summed E-state index contributed by atoms with van der Waals surface area (Å²) >= 11 is 0. The normalized spacial score (nSPS) is 11.3. The van der Waals surface area contributed by atoms with Gasteiger partial charge in [-0.3, -0.25) is 4.40 Å². The minimum absolute atomic E-state index is 0.837. The Kier molecular flexibility index (Phi) is 3.28. The van der Waals surface area contributed by atoms with Crippen molar-refractivity contribution >= 4 is 16.6 Å². The lowest BCUT2D eigenvalue weighted by Gasteiger charge is -2.12. The van der Waals surface area contributed by atoms with E-state index >= 15 is 0 Å². The summed E-state index contributed by atoms with van der Waals surface area (Å²) in [5.74, 6) is 0.871. The Morgan fingerprint density at radius 3 is 2.19 bits per heavy atom. The van der Waals surface area contributed by atoms with Crippen LogP contribution < -0.4 is 0 Å². The van der Waals surface area contributed by atoms with Crippen LogP contribution in [0.4, 0.5) is 0 Å². The topological polar surface area (TPSA) is 43.1 Å². The van der Waals surface area contributed by atoms with Crippen LogP contribution in [0.25, 0.3) is 38.9 Å². The molecule has 0 radical (unpaired) electrons. The van der Waals surface area contributed by atoms with Crippen molar-refractivity contribution in [2.24, 2.45) is 0 Å². The molecule has 3 heterocycles. The van der Waals surface area contributed by atoms with Crippen LogP contribution in [0.2, 0.25) is 0 Å². The molecule has 0 amide bonds. The zero-order valence-corrected chi connectivity index (χ0v) is 14.3. The van der Waals surface area contributed by atoms with Crippen molar-refractivity contribution in [1.29, 1.82) is 0 Å². The van der Waals surface area contributed by atoms with Gasteiger partial charge in [-0.1, -0.05) is 60.7 Å². The molecule has 0 saturated carbocycles. The molecule has 0 spiro atoms. The van der Waals surface area contributed by atoms with Crippen molar-refractivity contribution in [3.8, 4) is 22.4 Å². The summed E-state index contributed by atoms with van der Waals surface area (Å²) in [5.41, 5.74) is 6.07. The average Bonchev–Trinajstić information content (AvgIpc) is 3.09. The molecule has 2 aromatic carbocycles. The predicted molar refractivity (Wildman–Crippen MR) is 104 cm³/mol. The van der Waals surface area contributed by atoms with Crippen molar-refractivity contribution < 1.29 is 0 Å². The molecule has 0 aliphatic rings. The molecule has 3 aromatic heterocycles. The summed E-state index contributed by atoms with van der Waals surface area (Å²) in [5, 5.41) is 9.58. The maximum atomic E-state index is 5.00. The third kappa shape index (κ3) is 2.27. The van der Waals surface area contributed by atoms with Crippen molar-refractivity contribution in [2.45, 2.75) is 6.92 Å². The molecule has 4 nitrogen and oxygen atoms in total. The first-order valence-electron chi connectivity index (χ1n) is 8.57. The van der Waals surface area contributed by atoms with E-state index in [1.807, 2.05) is 47.9 Å². The number of rotatable bonds is 2. The van der Waals surface area contributed by atoms with E-state index in [0.717, 1.165) is 44.8 Å². The van der Waals surface area contributed by atoms with Crippen LogP contribution >= 0.6 is 0 Å². The summed E-state index contributed by atoms with van der Waals surface area (Å²) in [7, 11) is 0. The fourth-order valence-corrected chi connectivity index (χ4v) is 3.36. The second kappa shape index (κ2) is 5.77. The Morgan fingerprint density at radius 2 is 1.46 bits per heavy atom.